The highest BCUT2D eigenvalue weighted by Gasteiger charge is 2.13. The van der Waals surface area contributed by atoms with Crippen molar-refractivity contribution in [3.63, 3.8) is 0 Å². The number of esters is 1. The maximum Gasteiger partial charge on any atom is 0.339 e. The second-order valence-corrected chi connectivity index (χ2v) is 6.89. The van der Waals surface area contributed by atoms with Crippen molar-refractivity contribution in [2.75, 3.05) is 19.0 Å². The van der Waals surface area contributed by atoms with Gasteiger partial charge in [-0.3, -0.25) is 4.79 Å². The lowest BCUT2D eigenvalue weighted by atomic mass is 10.1. The van der Waals surface area contributed by atoms with Gasteiger partial charge in [0, 0.05) is 16.3 Å². The van der Waals surface area contributed by atoms with Crippen molar-refractivity contribution in [2.45, 2.75) is 0 Å². The Hall–Kier alpha value is -3.29. The van der Waals surface area contributed by atoms with Gasteiger partial charge in [0.15, 0.2) is 0 Å². The fourth-order valence-corrected chi connectivity index (χ4v) is 2.80. The van der Waals surface area contributed by atoms with Crippen LogP contribution in [0, 0.1) is 0 Å². The average Bonchev–Trinajstić information content (AvgIpc) is 3.22. The van der Waals surface area contributed by atoms with Crippen molar-refractivity contribution in [1.82, 2.24) is 5.43 Å². The molecule has 1 amide bonds. The number of benzene rings is 2. The molecular formula is C21H17Cl2N3O4. The molecule has 2 aromatic carbocycles. The number of hydrogen-bond donors (Lipinski definition) is 2. The summed E-state index contributed by atoms with van der Waals surface area (Å²) in [6, 6.07) is 15.3. The van der Waals surface area contributed by atoms with E-state index in [0.29, 0.717) is 22.1 Å². The molecule has 154 valence electrons. The quantitative estimate of drug-likeness (QED) is 0.314. The zero-order chi connectivity index (χ0) is 21.5. The van der Waals surface area contributed by atoms with Crippen LogP contribution in [0.4, 0.5) is 5.69 Å². The van der Waals surface area contributed by atoms with E-state index < -0.39 is 5.97 Å². The van der Waals surface area contributed by atoms with Crippen molar-refractivity contribution in [2.24, 2.45) is 5.10 Å². The topological polar surface area (TPSA) is 92.9 Å². The molecular weight excluding hydrogens is 429 g/mol. The second kappa shape index (κ2) is 9.96. The van der Waals surface area contributed by atoms with Gasteiger partial charge in [-0.15, -0.1) is 0 Å². The molecule has 9 heteroatoms. The predicted octanol–water partition coefficient (Wildman–Crippen LogP) is 4.60. The summed E-state index contributed by atoms with van der Waals surface area (Å²) < 4.78 is 10.4. The van der Waals surface area contributed by atoms with Crippen LogP contribution in [0.1, 0.15) is 16.1 Å². The summed E-state index contributed by atoms with van der Waals surface area (Å²) in [5.74, 6) is 0.0676. The minimum atomic E-state index is -0.537. The van der Waals surface area contributed by atoms with E-state index in [1.165, 1.54) is 13.3 Å². The molecule has 0 aliphatic heterocycles. The van der Waals surface area contributed by atoms with Crippen LogP contribution >= 0.6 is 23.2 Å². The van der Waals surface area contributed by atoms with E-state index in [4.69, 9.17) is 32.4 Å². The Bertz CT molecular complexity index is 1080. The van der Waals surface area contributed by atoms with Crippen LogP contribution in [-0.2, 0) is 9.53 Å². The maximum atomic E-state index is 11.9. The number of rotatable bonds is 7. The third kappa shape index (κ3) is 5.62. The first kappa shape index (κ1) is 21.4. The molecule has 3 aromatic rings. The molecule has 0 saturated carbocycles. The van der Waals surface area contributed by atoms with Gasteiger partial charge in [-0.05, 0) is 54.6 Å². The largest absolute Gasteiger partial charge is 0.465 e. The van der Waals surface area contributed by atoms with Crippen molar-refractivity contribution in [3.05, 3.63) is 76.0 Å². The lowest BCUT2D eigenvalue weighted by Crippen LogP contribution is -2.25. The smallest absolute Gasteiger partial charge is 0.339 e. The molecule has 0 aliphatic rings. The van der Waals surface area contributed by atoms with Gasteiger partial charge in [-0.1, -0.05) is 23.2 Å². The van der Waals surface area contributed by atoms with Crippen LogP contribution in [0.15, 0.2) is 64.1 Å². The van der Waals surface area contributed by atoms with Gasteiger partial charge in [-0.25, -0.2) is 10.2 Å². The first-order chi connectivity index (χ1) is 14.5. The number of methoxy groups -OCH3 is 1. The summed E-state index contributed by atoms with van der Waals surface area (Å²) in [5, 5.41) is 7.73. The summed E-state index contributed by atoms with van der Waals surface area (Å²) in [5.41, 5.74) is 4.06. The highest BCUT2D eigenvalue weighted by atomic mass is 35.5. The Morgan fingerprint density at radius 3 is 2.60 bits per heavy atom. The number of amides is 1. The Balaban J connectivity index is 1.57. The highest BCUT2D eigenvalue weighted by molar-refractivity contribution is 6.33. The Morgan fingerprint density at radius 2 is 1.87 bits per heavy atom. The predicted molar refractivity (Wildman–Crippen MR) is 116 cm³/mol. The zero-order valence-electron chi connectivity index (χ0n) is 15.8. The second-order valence-electron chi connectivity index (χ2n) is 6.04. The van der Waals surface area contributed by atoms with Gasteiger partial charge in [0.2, 0.25) is 0 Å². The van der Waals surface area contributed by atoms with Crippen molar-refractivity contribution < 1.29 is 18.7 Å². The van der Waals surface area contributed by atoms with E-state index >= 15 is 0 Å². The fourth-order valence-electron chi connectivity index (χ4n) is 2.48. The lowest BCUT2D eigenvalue weighted by Gasteiger charge is -2.05. The van der Waals surface area contributed by atoms with Gasteiger partial charge in [-0.2, -0.15) is 5.10 Å². The van der Waals surface area contributed by atoms with Gasteiger partial charge in [0.05, 0.1) is 30.5 Å². The fraction of sp³-hybridized carbons (Fsp3) is 0.0952. The molecule has 2 N–H and O–H groups in total. The van der Waals surface area contributed by atoms with E-state index in [1.807, 2.05) is 0 Å². The standard InChI is InChI=1S/C21H17Cl2N3O4/c1-29-21(28)17-10-13(2-8-18(17)23)19-9-7-16(30-19)11-25-26-20(27)12-24-15-5-3-14(22)4-6-15/h2-11,24H,12H2,1H3,(H,26,27)/b25-11-. The Morgan fingerprint density at radius 1 is 1.10 bits per heavy atom. The Kier molecular flexibility index (Phi) is 7.11. The molecule has 0 saturated heterocycles. The molecule has 1 heterocycles. The SMILES string of the molecule is COC(=O)c1cc(-c2ccc(/C=N\NC(=O)CNc3ccc(Cl)cc3)o2)ccc1Cl. The van der Waals surface area contributed by atoms with Crippen molar-refractivity contribution in [3.8, 4) is 11.3 Å². The van der Waals surface area contributed by atoms with Gasteiger partial charge in [0.1, 0.15) is 11.5 Å². The molecule has 0 bridgehead atoms. The van der Waals surface area contributed by atoms with E-state index in [9.17, 15) is 9.59 Å². The molecule has 30 heavy (non-hydrogen) atoms. The number of ether oxygens (including phenoxy) is 1. The van der Waals surface area contributed by atoms with E-state index in [0.717, 1.165) is 5.69 Å². The van der Waals surface area contributed by atoms with Crippen molar-refractivity contribution >= 4 is 47.0 Å². The zero-order valence-corrected chi connectivity index (χ0v) is 17.3. The monoisotopic (exact) mass is 445 g/mol. The van der Waals surface area contributed by atoms with Crippen LogP contribution in [0.3, 0.4) is 0 Å². The number of carbonyl (C=O) groups excluding carboxylic acids is 2. The molecule has 0 spiro atoms. The number of hydrogen-bond acceptors (Lipinski definition) is 6. The van der Waals surface area contributed by atoms with Crippen molar-refractivity contribution in [1.29, 1.82) is 0 Å². The van der Waals surface area contributed by atoms with E-state index in [1.54, 1.807) is 54.6 Å². The highest BCUT2D eigenvalue weighted by Crippen LogP contribution is 2.27. The van der Waals surface area contributed by atoms with Crippen LogP contribution in [-0.4, -0.2) is 31.7 Å². The minimum absolute atomic E-state index is 0.0451. The molecule has 0 radical (unpaired) electrons. The number of anilines is 1. The van der Waals surface area contributed by atoms with E-state index in [-0.39, 0.29) is 23.0 Å². The van der Waals surface area contributed by atoms with Crippen LogP contribution in [0.25, 0.3) is 11.3 Å². The summed E-state index contributed by atoms with van der Waals surface area (Å²) in [6.07, 6.45) is 1.38. The summed E-state index contributed by atoms with van der Waals surface area (Å²) in [7, 11) is 1.28. The maximum absolute atomic E-state index is 11.9. The summed E-state index contributed by atoms with van der Waals surface area (Å²) >= 11 is 11.8. The first-order valence-corrected chi connectivity index (χ1v) is 9.51. The molecule has 0 unspecified atom stereocenters. The number of furan rings is 1. The molecule has 7 nitrogen and oxygen atoms in total. The number of nitrogens with one attached hydrogen (secondary N) is 2. The molecule has 0 fully saturated rings. The first-order valence-electron chi connectivity index (χ1n) is 8.75. The third-order valence-electron chi connectivity index (χ3n) is 3.96. The van der Waals surface area contributed by atoms with Gasteiger partial charge in [0.25, 0.3) is 5.91 Å². The molecule has 3 rings (SSSR count). The minimum Gasteiger partial charge on any atom is -0.465 e. The lowest BCUT2D eigenvalue weighted by molar-refractivity contribution is -0.119. The number of halogens is 2. The van der Waals surface area contributed by atoms with Crippen LogP contribution < -0.4 is 10.7 Å². The number of hydrazone groups is 1. The molecule has 0 atom stereocenters. The molecule has 0 aliphatic carbocycles. The van der Waals surface area contributed by atoms with E-state index in [2.05, 4.69) is 15.8 Å². The normalized spacial score (nSPS) is 10.8. The number of carbonyl (C=O) groups is 2. The van der Waals surface area contributed by atoms with Gasteiger partial charge < -0.3 is 14.5 Å². The van der Waals surface area contributed by atoms with Gasteiger partial charge >= 0.3 is 5.97 Å². The summed E-state index contributed by atoms with van der Waals surface area (Å²) in [4.78, 5) is 23.6. The average molecular weight is 446 g/mol. The van der Waals surface area contributed by atoms with Crippen LogP contribution in [0.2, 0.25) is 10.0 Å². The number of nitrogens with zero attached hydrogens (tertiary/aromatic N) is 1. The third-order valence-corrected chi connectivity index (χ3v) is 4.54. The Labute approximate surface area is 182 Å². The molecule has 1 aromatic heterocycles. The summed E-state index contributed by atoms with van der Waals surface area (Å²) in [6.45, 7) is 0.0451. The van der Waals surface area contributed by atoms with Crippen LogP contribution in [0.5, 0.6) is 0 Å².